The lowest BCUT2D eigenvalue weighted by Crippen LogP contribution is -1.89. The molecule has 0 saturated carbocycles. The zero-order valence-corrected chi connectivity index (χ0v) is 14.2. The van der Waals surface area contributed by atoms with E-state index in [1.54, 1.807) is 0 Å². The van der Waals surface area contributed by atoms with Crippen LogP contribution in [-0.4, -0.2) is 4.98 Å². The van der Waals surface area contributed by atoms with Crippen LogP contribution >= 0.6 is 0 Å². The number of fused-ring (bicyclic) bond motifs is 3. The van der Waals surface area contributed by atoms with Crippen LogP contribution in [0.2, 0.25) is 0 Å². The molecule has 5 aromatic rings. The number of benzene rings is 3. The average Bonchev–Trinajstić information content (AvgIpc) is 3.07. The van der Waals surface area contributed by atoms with Gasteiger partial charge in [-0.15, -0.1) is 0 Å². The van der Waals surface area contributed by atoms with E-state index < -0.39 is 0 Å². The molecule has 2 nitrogen and oxygen atoms in total. The Balaban J connectivity index is 1.57. The van der Waals surface area contributed by atoms with Crippen molar-refractivity contribution in [3.8, 4) is 11.3 Å². The predicted octanol–water partition coefficient (Wildman–Crippen LogP) is 6.24. The molecule has 5 rings (SSSR count). The van der Waals surface area contributed by atoms with Crippen molar-refractivity contribution in [1.29, 1.82) is 0 Å². The summed E-state index contributed by atoms with van der Waals surface area (Å²) in [5.74, 6) is 0. The highest BCUT2D eigenvalue weighted by molar-refractivity contribution is 6.05. The maximum absolute atomic E-state index is 5.88. The van der Waals surface area contributed by atoms with Crippen molar-refractivity contribution in [2.75, 3.05) is 0 Å². The van der Waals surface area contributed by atoms with E-state index >= 15 is 0 Å². The van der Waals surface area contributed by atoms with Crippen molar-refractivity contribution in [2.45, 2.75) is 6.42 Å². The normalized spacial score (nSPS) is 11.2. The molecule has 2 heterocycles. The summed E-state index contributed by atoms with van der Waals surface area (Å²) in [6.07, 6.45) is 2.75. The van der Waals surface area contributed by atoms with Gasteiger partial charge in [0.25, 0.3) is 0 Å². The van der Waals surface area contributed by atoms with Gasteiger partial charge >= 0.3 is 0 Å². The maximum Gasteiger partial charge on any atom is 0.153 e. The van der Waals surface area contributed by atoms with Gasteiger partial charge in [0.15, 0.2) is 5.58 Å². The van der Waals surface area contributed by atoms with Gasteiger partial charge in [0.05, 0.1) is 11.9 Å². The van der Waals surface area contributed by atoms with Crippen LogP contribution in [0.4, 0.5) is 0 Å². The number of pyridine rings is 1. The molecule has 3 aromatic carbocycles. The molecule has 0 bridgehead atoms. The van der Waals surface area contributed by atoms with Crippen LogP contribution in [0, 0.1) is 0 Å². The van der Waals surface area contributed by atoms with Crippen molar-refractivity contribution in [3.05, 3.63) is 102 Å². The molecular formula is C24H17NO. The van der Waals surface area contributed by atoms with E-state index in [-0.39, 0.29) is 0 Å². The van der Waals surface area contributed by atoms with Crippen LogP contribution in [0.15, 0.2) is 95.5 Å². The highest BCUT2D eigenvalue weighted by atomic mass is 16.3. The fourth-order valence-corrected chi connectivity index (χ4v) is 3.46. The minimum Gasteiger partial charge on any atom is -0.454 e. The van der Waals surface area contributed by atoms with E-state index in [4.69, 9.17) is 4.42 Å². The molecular weight excluding hydrogens is 318 g/mol. The molecule has 0 saturated heterocycles. The number of hydrogen-bond donors (Lipinski definition) is 0. The summed E-state index contributed by atoms with van der Waals surface area (Å²) in [6, 6.07) is 29.4. The lowest BCUT2D eigenvalue weighted by Gasteiger charge is -2.06. The number of rotatable bonds is 3. The van der Waals surface area contributed by atoms with Gasteiger partial charge in [-0.3, -0.25) is 4.98 Å². The molecule has 2 heteroatoms. The van der Waals surface area contributed by atoms with Gasteiger partial charge in [-0.1, -0.05) is 66.7 Å². The lowest BCUT2D eigenvalue weighted by atomic mass is 10.0. The Bertz CT molecular complexity index is 1200. The third-order valence-electron chi connectivity index (χ3n) is 4.74. The molecule has 0 aliphatic heterocycles. The highest BCUT2D eigenvalue weighted by Gasteiger charge is 2.09. The molecule has 0 fully saturated rings. The van der Waals surface area contributed by atoms with E-state index in [0.717, 1.165) is 39.6 Å². The fourth-order valence-electron chi connectivity index (χ4n) is 3.46. The van der Waals surface area contributed by atoms with Crippen molar-refractivity contribution < 1.29 is 4.42 Å². The third kappa shape index (κ3) is 2.66. The molecule has 0 amide bonds. The van der Waals surface area contributed by atoms with Crippen molar-refractivity contribution in [2.24, 2.45) is 0 Å². The second-order valence-corrected chi connectivity index (χ2v) is 6.53. The smallest absolute Gasteiger partial charge is 0.153 e. The number of hydrogen-bond acceptors (Lipinski definition) is 2. The predicted molar refractivity (Wildman–Crippen MR) is 106 cm³/mol. The van der Waals surface area contributed by atoms with Crippen LogP contribution in [0.25, 0.3) is 33.2 Å². The van der Waals surface area contributed by atoms with Crippen molar-refractivity contribution in [1.82, 2.24) is 4.98 Å². The van der Waals surface area contributed by atoms with Gasteiger partial charge in [0.2, 0.25) is 0 Å². The van der Waals surface area contributed by atoms with Gasteiger partial charge in [0.1, 0.15) is 5.58 Å². The average molecular weight is 335 g/mol. The molecule has 0 aliphatic rings. The van der Waals surface area contributed by atoms with Crippen LogP contribution in [0.5, 0.6) is 0 Å². The Morgan fingerprint density at radius 3 is 2.38 bits per heavy atom. The standard InChI is InChI=1S/C24H17NO/c1-2-7-17(8-3-1)13-18-9-6-10-19(14-18)22-15-21-20-11-4-5-12-23(20)26-24(21)16-25-22/h1-12,14-16H,13H2. The van der Waals surface area contributed by atoms with E-state index in [9.17, 15) is 0 Å². The number of nitrogens with zero attached hydrogens (tertiary/aromatic N) is 1. The van der Waals surface area contributed by atoms with E-state index in [2.05, 4.69) is 65.6 Å². The molecule has 0 radical (unpaired) electrons. The van der Waals surface area contributed by atoms with Gasteiger partial charge in [0, 0.05) is 16.3 Å². The lowest BCUT2D eigenvalue weighted by molar-refractivity contribution is 0.667. The Kier molecular flexibility index (Phi) is 3.53. The zero-order chi connectivity index (χ0) is 17.3. The Hall–Kier alpha value is -3.39. The van der Waals surface area contributed by atoms with E-state index in [1.807, 2.05) is 30.5 Å². The molecule has 0 atom stereocenters. The van der Waals surface area contributed by atoms with Gasteiger partial charge < -0.3 is 4.42 Å². The van der Waals surface area contributed by atoms with E-state index in [1.165, 1.54) is 11.1 Å². The molecule has 0 aliphatic carbocycles. The van der Waals surface area contributed by atoms with E-state index in [0.29, 0.717) is 0 Å². The van der Waals surface area contributed by atoms with Crippen LogP contribution in [0.1, 0.15) is 11.1 Å². The number of para-hydroxylation sites is 1. The van der Waals surface area contributed by atoms with Crippen molar-refractivity contribution in [3.63, 3.8) is 0 Å². The monoisotopic (exact) mass is 335 g/mol. The maximum atomic E-state index is 5.88. The molecule has 0 spiro atoms. The van der Waals surface area contributed by atoms with Gasteiger partial charge in [-0.2, -0.15) is 0 Å². The molecule has 0 N–H and O–H groups in total. The largest absolute Gasteiger partial charge is 0.454 e. The van der Waals surface area contributed by atoms with Gasteiger partial charge in [-0.25, -0.2) is 0 Å². The Labute approximate surface area is 151 Å². The number of furan rings is 1. The van der Waals surface area contributed by atoms with Crippen molar-refractivity contribution >= 4 is 21.9 Å². The molecule has 124 valence electrons. The topological polar surface area (TPSA) is 26.0 Å². The number of aromatic nitrogens is 1. The summed E-state index contributed by atoms with van der Waals surface area (Å²) in [7, 11) is 0. The summed E-state index contributed by atoms with van der Waals surface area (Å²) >= 11 is 0. The quantitative estimate of drug-likeness (QED) is 0.390. The summed E-state index contributed by atoms with van der Waals surface area (Å²) in [5, 5.41) is 2.24. The Morgan fingerprint density at radius 1 is 0.654 bits per heavy atom. The zero-order valence-electron chi connectivity index (χ0n) is 14.2. The first kappa shape index (κ1) is 14.9. The first-order valence-electron chi connectivity index (χ1n) is 8.77. The minimum atomic E-state index is 0.829. The van der Waals surface area contributed by atoms with Crippen LogP contribution in [0.3, 0.4) is 0 Å². The summed E-state index contributed by atoms with van der Waals surface area (Å²) < 4.78 is 5.88. The van der Waals surface area contributed by atoms with Crippen LogP contribution < -0.4 is 0 Å². The first-order chi connectivity index (χ1) is 12.9. The highest BCUT2D eigenvalue weighted by Crippen LogP contribution is 2.31. The summed E-state index contributed by atoms with van der Waals surface area (Å²) in [4.78, 5) is 4.63. The summed E-state index contributed by atoms with van der Waals surface area (Å²) in [5.41, 5.74) is 6.43. The molecule has 2 aromatic heterocycles. The SMILES string of the molecule is c1ccc(Cc2cccc(-c3cc4c(cn3)oc3ccccc34)c2)cc1. The Morgan fingerprint density at radius 2 is 1.46 bits per heavy atom. The first-order valence-corrected chi connectivity index (χ1v) is 8.77. The minimum absolute atomic E-state index is 0.829. The molecule has 26 heavy (non-hydrogen) atoms. The summed E-state index contributed by atoms with van der Waals surface area (Å²) in [6.45, 7) is 0. The van der Waals surface area contributed by atoms with Gasteiger partial charge in [-0.05, 0) is 35.7 Å². The second-order valence-electron chi connectivity index (χ2n) is 6.53. The third-order valence-corrected chi connectivity index (χ3v) is 4.74. The second kappa shape index (κ2) is 6.16. The fraction of sp³-hybridized carbons (Fsp3) is 0.0417. The van der Waals surface area contributed by atoms with Crippen LogP contribution in [-0.2, 0) is 6.42 Å². The molecule has 0 unspecified atom stereocenters.